The number of amides is 5. The van der Waals surface area contributed by atoms with E-state index in [2.05, 4.69) is 16.0 Å². The average molecular weight is 499 g/mol. The summed E-state index contributed by atoms with van der Waals surface area (Å²) in [6, 6.07) is 2.33. The van der Waals surface area contributed by atoms with Crippen LogP contribution in [0.15, 0.2) is 36.5 Å². The second-order valence-corrected chi connectivity index (χ2v) is 8.23. The number of carboxylic acids is 1. The number of carboxylic acid groups (broad SMARTS) is 1. The number of benzene rings is 1. The number of aliphatic carboxylic acids is 1. The van der Waals surface area contributed by atoms with Crippen molar-refractivity contribution in [2.75, 3.05) is 5.32 Å². The van der Waals surface area contributed by atoms with E-state index < -0.39 is 54.1 Å². The number of nitrogens with one attached hydrogen (secondary N) is 3. The molecule has 1 saturated heterocycles. The van der Waals surface area contributed by atoms with Crippen LogP contribution >= 0.6 is 0 Å². The Balaban J connectivity index is 1.81. The van der Waals surface area contributed by atoms with Crippen molar-refractivity contribution >= 4 is 47.5 Å². The number of fused-ring (bicyclic) bond motifs is 1. The molecule has 3 rings (SSSR count). The Morgan fingerprint density at radius 1 is 1.22 bits per heavy atom. The predicted octanol–water partition coefficient (Wildman–Crippen LogP) is -0.446. The lowest BCUT2D eigenvalue weighted by Crippen LogP contribution is -2.62. The van der Waals surface area contributed by atoms with Gasteiger partial charge in [0.25, 0.3) is 11.8 Å². The normalized spacial score (nSPS) is 20.0. The summed E-state index contributed by atoms with van der Waals surface area (Å²) in [6.45, 7) is 1.32. The number of hydrazine groups is 1. The second-order valence-electron chi connectivity index (χ2n) is 8.23. The van der Waals surface area contributed by atoms with Crippen molar-refractivity contribution < 1.29 is 38.7 Å². The van der Waals surface area contributed by atoms with Gasteiger partial charge in [-0.3, -0.25) is 28.8 Å². The molecule has 1 fully saturated rings. The SMILES string of the molecule is CC(=O)Nc1cccc(C(=O)N[C@H]2CCC(=O)N3C=CC[C@@H](C(=O)N[C@H](C=O)CC(=O)O)N3C2=O)c1. The van der Waals surface area contributed by atoms with Crippen LogP contribution in [0.3, 0.4) is 0 Å². The smallest absolute Gasteiger partial charge is 0.305 e. The molecule has 0 aliphatic carbocycles. The van der Waals surface area contributed by atoms with Crippen LogP contribution in [0.25, 0.3) is 0 Å². The summed E-state index contributed by atoms with van der Waals surface area (Å²) in [4.78, 5) is 85.3. The Labute approximate surface area is 205 Å². The Kier molecular flexibility index (Phi) is 8.14. The fourth-order valence-electron chi connectivity index (χ4n) is 3.88. The highest BCUT2D eigenvalue weighted by Gasteiger charge is 2.43. The van der Waals surface area contributed by atoms with Gasteiger partial charge in [0.1, 0.15) is 18.4 Å². The molecular formula is C23H25N5O8. The molecule has 0 saturated carbocycles. The van der Waals surface area contributed by atoms with E-state index in [4.69, 9.17) is 5.11 Å². The van der Waals surface area contributed by atoms with Crippen LogP contribution in [0.1, 0.15) is 43.0 Å². The van der Waals surface area contributed by atoms with Crippen molar-refractivity contribution in [2.45, 2.75) is 50.7 Å². The lowest BCUT2D eigenvalue weighted by atomic mass is 10.1. The van der Waals surface area contributed by atoms with Gasteiger partial charge >= 0.3 is 5.97 Å². The van der Waals surface area contributed by atoms with Crippen LogP contribution < -0.4 is 16.0 Å². The number of nitrogens with zero attached hydrogens (tertiary/aromatic N) is 2. The molecule has 1 aromatic carbocycles. The first-order valence-electron chi connectivity index (χ1n) is 11.1. The maximum atomic E-state index is 13.4. The lowest BCUT2D eigenvalue weighted by Gasteiger charge is -2.39. The first-order chi connectivity index (χ1) is 17.1. The minimum atomic E-state index is -1.32. The average Bonchev–Trinajstić information content (AvgIpc) is 2.95. The van der Waals surface area contributed by atoms with Gasteiger partial charge < -0.3 is 25.9 Å². The van der Waals surface area contributed by atoms with E-state index in [9.17, 15) is 33.6 Å². The molecule has 0 spiro atoms. The number of rotatable bonds is 8. The van der Waals surface area contributed by atoms with Crippen molar-refractivity contribution in [1.29, 1.82) is 0 Å². The highest BCUT2D eigenvalue weighted by atomic mass is 16.4. The van der Waals surface area contributed by atoms with Gasteiger partial charge in [0, 0.05) is 30.8 Å². The van der Waals surface area contributed by atoms with E-state index in [1.807, 2.05) is 0 Å². The maximum absolute atomic E-state index is 13.4. The molecule has 0 unspecified atom stereocenters. The molecule has 0 aromatic heterocycles. The van der Waals surface area contributed by atoms with Crippen LogP contribution in [-0.2, 0) is 28.8 Å². The molecule has 3 atom stereocenters. The third-order valence-electron chi connectivity index (χ3n) is 5.50. The molecule has 2 heterocycles. The molecule has 4 N–H and O–H groups in total. The largest absolute Gasteiger partial charge is 0.481 e. The van der Waals surface area contributed by atoms with E-state index in [1.54, 1.807) is 12.1 Å². The van der Waals surface area contributed by atoms with Gasteiger partial charge in [-0.2, -0.15) is 0 Å². The minimum Gasteiger partial charge on any atom is -0.481 e. The van der Waals surface area contributed by atoms with E-state index in [0.29, 0.717) is 5.69 Å². The molecule has 5 amide bonds. The molecule has 13 heteroatoms. The zero-order valence-corrected chi connectivity index (χ0v) is 19.3. The van der Waals surface area contributed by atoms with Gasteiger partial charge in [-0.15, -0.1) is 0 Å². The number of hydrogen-bond donors (Lipinski definition) is 4. The summed E-state index contributed by atoms with van der Waals surface area (Å²) >= 11 is 0. The van der Waals surface area contributed by atoms with Crippen molar-refractivity contribution in [2.24, 2.45) is 0 Å². The zero-order chi connectivity index (χ0) is 26.4. The van der Waals surface area contributed by atoms with Crippen LogP contribution in [-0.4, -0.2) is 75.0 Å². The first-order valence-corrected chi connectivity index (χ1v) is 11.1. The summed E-state index contributed by atoms with van der Waals surface area (Å²) in [5.74, 6) is -4.29. The third-order valence-corrected chi connectivity index (χ3v) is 5.50. The summed E-state index contributed by atoms with van der Waals surface area (Å²) in [5.41, 5.74) is 0.546. The Morgan fingerprint density at radius 2 is 1.97 bits per heavy atom. The van der Waals surface area contributed by atoms with E-state index >= 15 is 0 Å². The fraction of sp³-hybridized carbons (Fsp3) is 0.348. The molecule has 190 valence electrons. The molecule has 36 heavy (non-hydrogen) atoms. The third kappa shape index (κ3) is 6.11. The molecule has 2 aliphatic rings. The zero-order valence-electron chi connectivity index (χ0n) is 19.3. The monoisotopic (exact) mass is 499 g/mol. The van der Waals surface area contributed by atoms with Crippen molar-refractivity contribution in [3.05, 3.63) is 42.1 Å². The number of carbonyl (C=O) groups excluding carboxylic acids is 6. The summed E-state index contributed by atoms with van der Waals surface area (Å²) < 4.78 is 0. The fourth-order valence-corrected chi connectivity index (χ4v) is 3.88. The Hall–Kier alpha value is -4.55. The molecule has 0 bridgehead atoms. The van der Waals surface area contributed by atoms with Gasteiger partial charge in [-0.25, -0.2) is 10.0 Å². The number of hydrogen-bond acceptors (Lipinski definition) is 7. The van der Waals surface area contributed by atoms with Gasteiger partial charge in [0.05, 0.1) is 12.5 Å². The van der Waals surface area contributed by atoms with Gasteiger partial charge in [-0.05, 0) is 31.0 Å². The summed E-state index contributed by atoms with van der Waals surface area (Å²) in [6.07, 6.45) is 2.35. The highest BCUT2D eigenvalue weighted by molar-refractivity contribution is 6.01. The number of carbonyl (C=O) groups is 7. The maximum Gasteiger partial charge on any atom is 0.305 e. The van der Waals surface area contributed by atoms with Crippen LogP contribution in [0.5, 0.6) is 0 Å². The van der Waals surface area contributed by atoms with Gasteiger partial charge in [0.15, 0.2) is 0 Å². The van der Waals surface area contributed by atoms with Crippen molar-refractivity contribution in [1.82, 2.24) is 20.7 Å². The van der Waals surface area contributed by atoms with Gasteiger partial charge in [0.2, 0.25) is 17.7 Å². The Bertz CT molecular complexity index is 1130. The standard InChI is InChI=1S/C23H25N5O8/c1-13(30)24-15-5-2-4-14(10-15)21(34)26-17-7-8-19(31)27-9-3-6-18(28(27)23(17)36)22(35)25-16(12-29)11-20(32)33/h2-5,9-10,12,16-18H,6-8,11H2,1H3,(H,24,30)(H,25,35)(H,26,34)(H,32,33)/t16-,17-,18-/m0/s1. The lowest BCUT2D eigenvalue weighted by molar-refractivity contribution is -0.166. The molecule has 2 aliphatic heterocycles. The predicted molar refractivity (Wildman–Crippen MR) is 123 cm³/mol. The van der Waals surface area contributed by atoms with Gasteiger partial charge in [-0.1, -0.05) is 12.1 Å². The number of aldehydes is 1. The summed E-state index contributed by atoms with van der Waals surface area (Å²) in [7, 11) is 0. The highest BCUT2D eigenvalue weighted by Crippen LogP contribution is 2.24. The molecular weight excluding hydrogens is 474 g/mol. The minimum absolute atomic E-state index is 0.000566. The van der Waals surface area contributed by atoms with Crippen molar-refractivity contribution in [3.8, 4) is 0 Å². The second kappa shape index (κ2) is 11.3. The summed E-state index contributed by atoms with van der Waals surface area (Å²) in [5, 5.41) is 18.3. The quantitative estimate of drug-likeness (QED) is 0.347. The van der Waals surface area contributed by atoms with Crippen LogP contribution in [0.4, 0.5) is 5.69 Å². The topological polar surface area (TPSA) is 182 Å². The van der Waals surface area contributed by atoms with E-state index in [-0.39, 0.29) is 37.0 Å². The van der Waals surface area contributed by atoms with E-state index in [1.165, 1.54) is 31.3 Å². The Morgan fingerprint density at radius 3 is 2.64 bits per heavy atom. The van der Waals surface area contributed by atoms with Crippen LogP contribution in [0, 0.1) is 0 Å². The molecule has 0 radical (unpaired) electrons. The van der Waals surface area contributed by atoms with E-state index in [0.717, 1.165) is 10.0 Å². The molecule has 1 aromatic rings. The first kappa shape index (κ1) is 26.1. The van der Waals surface area contributed by atoms with Crippen molar-refractivity contribution in [3.63, 3.8) is 0 Å². The number of anilines is 1. The van der Waals surface area contributed by atoms with Crippen LogP contribution in [0.2, 0.25) is 0 Å². The molecule has 13 nitrogen and oxygen atoms in total.